The number of hydrogen-bond acceptors (Lipinski definition) is 3. The predicted octanol–water partition coefficient (Wildman–Crippen LogP) is 1.79. The fourth-order valence-corrected chi connectivity index (χ4v) is 3.05. The molecule has 0 spiro atoms. The molecule has 1 aliphatic rings. The molecular weight excluding hydrogens is 304 g/mol. The molecule has 0 bridgehead atoms. The van der Waals surface area contributed by atoms with E-state index in [1.54, 1.807) is 0 Å². The third-order valence-electron chi connectivity index (χ3n) is 4.52. The summed E-state index contributed by atoms with van der Waals surface area (Å²) in [6, 6.07) is 9.06. The Morgan fingerprint density at radius 1 is 1.12 bits per heavy atom. The summed E-state index contributed by atoms with van der Waals surface area (Å²) in [7, 11) is 0. The van der Waals surface area contributed by atoms with Crippen LogP contribution < -0.4 is 10.6 Å². The Hall–Kier alpha value is -1.88. The highest BCUT2D eigenvalue weighted by atomic mass is 16.3. The number of carbonyl (C=O) groups excluding carboxylic acids is 2. The molecule has 0 saturated heterocycles. The lowest BCUT2D eigenvalue weighted by Crippen LogP contribution is -2.53. The molecule has 2 rings (SSSR count). The van der Waals surface area contributed by atoms with Crippen LogP contribution in [-0.2, 0) is 16.0 Å². The molecule has 1 saturated carbocycles. The van der Waals surface area contributed by atoms with Crippen molar-refractivity contribution in [1.29, 1.82) is 0 Å². The molecule has 0 heterocycles. The first-order valence-corrected chi connectivity index (χ1v) is 8.77. The van der Waals surface area contributed by atoms with Crippen molar-refractivity contribution in [3.8, 4) is 0 Å². The number of aliphatic hydroxyl groups is 1. The van der Waals surface area contributed by atoms with Crippen LogP contribution in [0.25, 0.3) is 0 Å². The van der Waals surface area contributed by atoms with Crippen molar-refractivity contribution in [1.82, 2.24) is 10.6 Å². The van der Waals surface area contributed by atoms with Gasteiger partial charge in [0.2, 0.25) is 11.8 Å². The second-order valence-electron chi connectivity index (χ2n) is 6.97. The van der Waals surface area contributed by atoms with Crippen LogP contribution in [0, 0.1) is 5.92 Å². The Bertz CT molecular complexity index is 537. The zero-order chi connectivity index (χ0) is 17.5. The maximum absolute atomic E-state index is 12.5. The molecule has 0 aliphatic heterocycles. The summed E-state index contributed by atoms with van der Waals surface area (Å²) in [4.78, 5) is 24.8. The largest absolute Gasteiger partial charge is 0.393 e. The average Bonchev–Trinajstić information content (AvgIpc) is 2.55. The van der Waals surface area contributed by atoms with Crippen LogP contribution in [0.4, 0.5) is 0 Å². The number of nitrogens with one attached hydrogen (secondary N) is 2. The van der Waals surface area contributed by atoms with Crippen LogP contribution in [0.5, 0.6) is 0 Å². The second kappa shape index (κ2) is 8.83. The Kier molecular flexibility index (Phi) is 6.79. The van der Waals surface area contributed by atoms with Crippen molar-refractivity contribution < 1.29 is 14.7 Å². The lowest BCUT2D eigenvalue weighted by molar-refractivity contribution is -0.130. The molecule has 1 aromatic carbocycles. The summed E-state index contributed by atoms with van der Waals surface area (Å²) in [5.74, 6) is -0.263. The molecule has 5 nitrogen and oxygen atoms in total. The van der Waals surface area contributed by atoms with Crippen LogP contribution in [0.1, 0.15) is 45.1 Å². The lowest BCUT2D eigenvalue weighted by atomic mass is 9.92. The highest BCUT2D eigenvalue weighted by molar-refractivity contribution is 5.88. The van der Waals surface area contributed by atoms with Crippen molar-refractivity contribution in [2.45, 2.75) is 64.1 Å². The minimum absolute atomic E-state index is 0.0129. The zero-order valence-corrected chi connectivity index (χ0v) is 14.5. The maximum Gasteiger partial charge on any atom is 0.243 e. The van der Waals surface area contributed by atoms with E-state index >= 15 is 0 Å². The molecule has 1 unspecified atom stereocenters. The number of hydrogen-bond donors (Lipinski definition) is 3. The first-order valence-electron chi connectivity index (χ1n) is 8.77. The molecule has 5 heteroatoms. The normalized spacial score (nSPS) is 22.0. The molecule has 1 aromatic rings. The van der Waals surface area contributed by atoms with Gasteiger partial charge in [-0.3, -0.25) is 9.59 Å². The van der Waals surface area contributed by atoms with Crippen LogP contribution in [-0.4, -0.2) is 35.1 Å². The van der Waals surface area contributed by atoms with Gasteiger partial charge in [-0.2, -0.15) is 0 Å². The first kappa shape index (κ1) is 18.5. The topological polar surface area (TPSA) is 78.4 Å². The summed E-state index contributed by atoms with van der Waals surface area (Å²) >= 11 is 0. The van der Waals surface area contributed by atoms with E-state index in [0.717, 1.165) is 31.2 Å². The van der Waals surface area contributed by atoms with E-state index in [0.29, 0.717) is 0 Å². The van der Waals surface area contributed by atoms with Gasteiger partial charge in [-0.1, -0.05) is 44.2 Å². The summed E-state index contributed by atoms with van der Waals surface area (Å²) in [5.41, 5.74) is 0.930. The first-order chi connectivity index (χ1) is 11.5. The highest BCUT2D eigenvalue weighted by Crippen LogP contribution is 2.18. The third-order valence-corrected chi connectivity index (χ3v) is 4.52. The Morgan fingerprint density at radius 2 is 1.75 bits per heavy atom. The minimum Gasteiger partial charge on any atom is -0.393 e. The van der Waals surface area contributed by atoms with E-state index in [4.69, 9.17) is 0 Å². The van der Waals surface area contributed by atoms with E-state index in [1.807, 2.05) is 44.2 Å². The molecule has 1 atom stereocenters. The molecular formula is C19H28N2O3. The van der Waals surface area contributed by atoms with Gasteiger partial charge in [0.15, 0.2) is 0 Å². The van der Waals surface area contributed by atoms with Crippen molar-refractivity contribution >= 4 is 11.8 Å². The second-order valence-corrected chi connectivity index (χ2v) is 6.97. The van der Waals surface area contributed by atoms with Gasteiger partial charge in [0.25, 0.3) is 0 Å². The van der Waals surface area contributed by atoms with E-state index in [2.05, 4.69) is 10.6 Å². The number of amides is 2. The zero-order valence-electron chi connectivity index (χ0n) is 14.5. The van der Waals surface area contributed by atoms with Gasteiger partial charge in [0, 0.05) is 6.04 Å². The van der Waals surface area contributed by atoms with Crippen LogP contribution in [0.2, 0.25) is 0 Å². The lowest BCUT2D eigenvalue weighted by Gasteiger charge is -2.29. The fourth-order valence-electron chi connectivity index (χ4n) is 3.05. The van der Waals surface area contributed by atoms with Gasteiger partial charge in [-0.15, -0.1) is 0 Å². The van der Waals surface area contributed by atoms with Gasteiger partial charge < -0.3 is 15.7 Å². The van der Waals surface area contributed by atoms with Crippen molar-refractivity contribution in [2.24, 2.45) is 5.92 Å². The summed E-state index contributed by atoms with van der Waals surface area (Å²) in [5, 5.41) is 15.4. The van der Waals surface area contributed by atoms with E-state index in [-0.39, 0.29) is 36.3 Å². The summed E-state index contributed by atoms with van der Waals surface area (Å²) < 4.78 is 0. The molecule has 1 fully saturated rings. The van der Waals surface area contributed by atoms with E-state index in [9.17, 15) is 14.7 Å². The van der Waals surface area contributed by atoms with Crippen LogP contribution >= 0.6 is 0 Å². The third kappa shape index (κ3) is 5.64. The minimum atomic E-state index is -0.534. The van der Waals surface area contributed by atoms with Crippen molar-refractivity contribution in [3.05, 3.63) is 35.9 Å². The van der Waals surface area contributed by atoms with Gasteiger partial charge in [-0.25, -0.2) is 0 Å². The molecule has 24 heavy (non-hydrogen) atoms. The molecule has 0 radical (unpaired) electrons. The summed E-state index contributed by atoms with van der Waals surface area (Å²) in [6.45, 7) is 3.86. The fraction of sp³-hybridized carbons (Fsp3) is 0.579. The quantitative estimate of drug-likeness (QED) is 0.743. The number of benzene rings is 1. The van der Waals surface area contributed by atoms with Crippen molar-refractivity contribution in [3.63, 3.8) is 0 Å². The molecule has 0 aromatic heterocycles. The van der Waals surface area contributed by atoms with Gasteiger partial charge >= 0.3 is 0 Å². The highest BCUT2D eigenvalue weighted by Gasteiger charge is 2.27. The molecule has 1 aliphatic carbocycles. The number of carbonyl (C=O) groups is 2. The predicted molar refractivity (Wildman–Crippen MR) is 93.3 cm³/mol. The van der Waals surface area contributed by atoms with Crippen LogP contribution in [0.3, 0.4) is 0 Å². The van der Waals surface area contributed by atoms with Gasteiger partial charge in [0.05, 0.1) is 12.5 Å². The number of aliphatic hydroxyl groups excluding tert-OH is 1. The average molecular weight is 332 g/mol. The van der Waals surface area contributed by atoms with Crippen molar-refractivity contribution in [2.75, 3.05) is 0 Å². The summed E-state index contributed by atoms with van der Waals surface area (Å²) in [6.07, 6.45) is 3.04. The Balaban J connectivity index is 1.88. The number of rotatable bonds is 6. The SMILES string of the molecule is CC(C)C(NC(=O)Cc1ccccc1)C(=O)NC1CCC(O)CC1. The van der Waals surface area contributed by atoms with Gasteiger partial charge in [-0.05, 0) is 37.2 Å². The van der Waals surface area contributed by atoms with E-state index < -0.39 is 6.04 Å². The van der Waals surface area contributed by atoms with Crippen LogP contribution in [0.15, 0.2) is 30.3 Å². The smallest absolute Gasteiger partial charge is 0.243 e. The maximum atomic E-state index is 12.5. The molecule has 132 valence electrons. The Labute approximate surface area is 143 Å². The molecule has 2 amide bonds. The standard InChI is InChI=1S/C19H28N2O3/c1-13(2)18(19(24)20-15-8-10-16(22)11-9-15)21-17(23)12-14-6-4-3-5-7-14/h3-7,13,15-16,18,22H,8-12H2,1-2H3,(H,20,24)(H,21,23). The van der Waals surface area contributed by atoms with E-state index in [1.165, 1.54) is 0 Å². The monoisotopic (exact) mass is 332 g/mol. The molecule has 3 N–H and O–H groups in total. The van der Waals surface area contributed by atoms with Gasteiger partial charge in [0.1, 0.15) is 6.04 Å². The Morgan fingerprint density at radius 3 is 2.33 bits per heavy atom.